The third-order valence-corrected chi connectivity index (χ3v) is 8.75. The third-order valence-electron chi connectivity index (χ3n) is 8.36. The molecule has 0 spiro atoms. The van der Waals surface area contributed by atoms with E-state index in [1.807, 2.05) is 0 Å². The molecule has 216 valence electrons. The highest BCUT2D eigenvalue weighted by atomic mass is 32.1. The normalized spacial score (nSPS) is 10.9. The number of benzene rings is 7. The largest absolute Gasteiger partial charge is 0.311 e. The summed E-state index contributed by atoms with van der Waals surface area (Å²) in [6, 6.07) is 62.5. The van der Waals surface area contributed by atoms with Crippen molar-refractivity contribution in [1.29, 1.82) is 0 Å². The number of hydrogen-bond acceptors (Lipinski definition) is 2. The molecule has 0 fully saturated rings. The van der Waals surface area contributed by atoms with E-state index in [2.05, 4.69) is 188 Å². The molecule has 0 saturated carbocycles. The first-order valence-corrected chi connectivity index (χ1v) is 15.7. The summed E-state index contributed by atoms with van der Waals surface area (Å²) >= 11 is 4.78. The van der Waals surface area contributed by atoms with Crippen molar-refractivity contribution in [3.63, 3.8) is 0 Å². The number of para-hydroxylation sites is 1. The quantitative estimate of drug-likeness (QED) is 0.179. The molecule has 0 radical (unpaired) electrons. The number of anilines is 3. The fourth-order valence-electron chi connectivity index (χ4n) is 5.92. The summed E-state index contributed by atoms with van der Waals surface area (Å²) in [5.41, 5.74) is 14.1. The minimum Gasteiger partial charge on any atom is -0.311 e. The minimum atomic E-state index is 0.982. The van der Waals surface area contributed by atoms with Gasteiger partial charge in [0.15, 0.2) is 0 Å². The number of rotatable bonds is 7. The average Bonchev–Trinajstić information content (AvgIpc) is 3.11. The summed E-state index contributed by atoms with van der Waals surface area (Å²) in [4.78, 5) is 3.29. The fourth-order valence-corrected chi connectivity index (χ4v) is 6.18. The van der Waals surface area contributed by atoms with Crippen LogP contribution in [0.2, 0.25) is 0 Å². The summed E-state index contributed by atoms with van der Waals surface area (Å²) < 4.78 is 0. The van der Waals surface area contributed by atoms with Crippen LogP contribution in [0, 0.1) is 6.92 Å². The summed E-state index contributed by atoms with van der Waals surface area (Å²) in [7, 11) is 0. The standard InChI is InChI=1S/C43H33NS/c1-31-10-8-9-15-41(31)42-30-37(24-29-43(42)45)36-22-27-40(28-23-36)44(38-13-6-3-7-14-38)39-25-20-35(21-26-39)34-18-16-33(17-19-34)32-11-4-2-5-12-32/h2-30,45H,1H3. The Hall–Kier alpha value is -5.31. The van der Waals surface area contributed by atoms with Crippen LogP contribution in [0.15, 0.2) is 181 Å². The highest BCUT2D eigenvalue weighted by molar-refractivity contribution is 7.80. The molecule has 0 bridgehead atoms. The van der Waals surface area contributed by atoms with E-state index in [-0.39, 0.29) is 0 Å². The van der Waals surface area contributed by atoms with E-state index in [4.69, 9.17) is 12.6 Å². The lowest BCUT2D eigenvalue weighted by molar-refractivity contribution is 1.28. The minimum absolute atomic E-state index is 0.982. The zero-order chi connectivity index (χ0) is 30.6. The Morgan fingerprint density at radius 3 is 1.31 bits per heavy atom. The van der Waals surface area contributed by atoms with Gasteiger partial charge in [0.25, 0.3) is 0 Å². The molecule has 0 aliphatic rings. The first-order chi connectivity index (χ1) is 22.1. The lowest BCUT2D eigenvalue weighted by Gasteiger charge is -2.26. The van der Waals surface area contributed by atoms with E-state index in [0.717, 1.165) is 27.5 Å². The van der Waals surface area contributed by atoms with Crippen LogP contribution in [0.4, 0.5) is 17.1 Å². The monoisotopic (exact) mass is 595 g/mol. The molecule has 0 aromatic heterocycles. The Bertz CT molecular complexity index is 2030. The second kappa shape index (κ2) is 12.7. The van der Waals surface area contributed by atoms with Gasteiger partial charge >= 0.3 is 0 Å². The van der Waals surface area contributed by atoms with Crippen LogP contribution in [-0.2, 0) is 0 Å². The predicted octanol–water partition coefficient (Wildman–Crippen LogP) is 12.4. The highest BCUT2D eigenvalue weighted by Crippen LogP contribution is 2.38. The molecule has 45 heavy (non-hydrogen) atoms. The molecule has 0 heterocycles. The molecule has 0 amide bonds. The molecule has 7 aromatic carbocycles. The number of nitrogens with zero attached hydrogens (tertiary/aromatic N) is 1. The zero-order valence-corrected chi connectivity index (χ0v) is 26.0. The van der Waals surface area contributed by atoms with Crippen molar-refractivity contribution in [3.8, 4) is 44.5 Å². The fraction of sp³-hybridized carbons (Fsp3) is 0.0233. The van der Waals surface area contributed by atoms with Crippen LogP contribution in [0.1, 0.15) is 5.56 Å². The van der Waals surface area contributed by atoms with E-state index >= 15 is 0 Å². The lowest BCUT2D eigenvalue weighted by atomic mass is 9.96. The average molecular weight is 596 g/mol. The maximum atomic E-state index is 4.78. The predicted molar refractivity (Wildman–Crippen MR) is 195 cm³/mol. The van der Waals surface area contributed by atoms with Gasteiger partial charge in [-0.1, -0.05) is 127 Å². The molecule has 2 heteroatoms. The molecule has 0 N–H and O–H groups in total. The topological polar surface area (TPSA) is 3.24 Å². The van der Waals surface area contributed by atoms with Crippen LogP contribution in [0.3, 0.4) is 0 Å². The molecular weight excluding hydrogens is 563 g/mol. The molecule has 0 atom stereocenters. The summed E-state index contributed by atoms with van der Waals surface area (Å²) in [5.74, 6) is 0. The van der Waals surface area contributed by atoms with Crippen LogP contribution in [-0.4, -0.2) is 0 Å². The van der Waals surface area contributed by atoms with E-state index in [9.17, 15) is 0 Å². The molecule has 0 aliphatic heterocycles. The first-order valence-electron chi connectivity index (χ1n) is 15.2. The first kappa shape index (κ1) is 28.5. The number of thiol groups is 1. The number of aryl methyl sites for hydroxylation is 1. The number of hydrogen-bond donors (Lipinski definition) is 1. The molecule has 7 aromatic rings. The van der Waals surface area contributed by atoms with Crippen molar-refractivity contribution in [2.75, 3.05) is 4.90 Å². The van der Waals surface area contributed by atoms with E-state index in [1.165, 1.54) is 44.5 Å². The lowest BCUT2D eigenvalue weighted by Crippen LogP contribution is -2.09. The van der Waals surface area contributed by atoms with Gasteiger partial charge in [-0.3, -0.25) is 0 Å². The van der Waals surface area contributed by atoms with Gasteiger partial charge < -0.3 is 4.90 Å². The Morgan fingerprint density at radius 1 is 0.356 bits per heavy atom. The summed E-state index contributed by atoms with van der Waals surface area (Å²) in [6.45, 7) is 2.15. The molecule has 0 aliphatic carbocycles. The maximum absolute atomic E-state index is 4.78. The second-order valence-corrected chi connectivity index (χ2v) is 11.7. The molecule has 0 saturated heterocycles. The van der Waals surface area contributed by atoms with Crippen molar-refractivity contribution in [1.82, 2.24) is 0 Å². The van der Waals surface area contributed by atoms with Crippen LogP contribution in [0.25, 0.3) is 44.5 Å². The van der Waals surface area contributed by atoms with Crippen molar-refractivity contribution < 1.29 is 0 Å². The Labute approximate surface area is 271 Å². The Morgan fingerprint density at radius 2 is 0.756 bits per heavy atom. The van der Waals surface area contributed by atoms with Gasteiger partial charge in [-0.2, -0.15) is 0 Å². The van der Waals surface area contributed by atoms with E-state index in [0.29, 0.717) is 0 Å². The SMILES string of the molecule is Cc1ccccc1-c1cc(-c2ccc(N(c3ccccc3)c3ccc(-c4ccc(-c5ccccc5)cc4)cc3)cc2)ccc1S. The molecule has 7 rings (SSSR count). The van der Waals surface area contributed by atoms with Crippen LogP contribution in [0.5, 0.6) is 0 Å². The van der Waals surface area contributed by atoms with Crippen molar-refractivity contribution in [2.45, 2.75) is 11.8 Å². The molecule has 1 nitrogen and oxygen atoms in total. The second-order valence-electron chi connectivity index (χ2n) is 11.3. The van der Waals surface area contributed by atoms with Gasteiger partial charge in [0.1, 0.15) is 0 Å². The Kier molecular flexibility index (Phi) is 8.06. The summed E-state index contributed by atoms with van der Waals surface area (Å²) in [6.07, 6.45) is 0. The van der Waals surface area contributed by atoms with Crippen LogP contribution >= 0.6 is 12.6 Å². The van der Waals surface area contributed by atoms with Crippen molar-refractivity contribution >= 4 is 29.7 Å². The van der Waals surface area contributed by atoms with Gasteiger partial charge in [0, 0.05) is 22.0 Å². The molecular formula is C43H33NS. The summed E-state index contributed by atoms with van der Waals surface area (Å²) in [5, 5.41) is 0. The van der Waals surface area contributed by atoms with E-state index in [1.54, 1.807) is 0 Å². The zero-order valence-electron chi connectivity index (χ0n) is 25.1. The highest BCUT2D eigenvalue weighted by Gasteiger charge is 2.14. The molecule has 0 unspecified atom stereocenters. The van der Waals surface area contributed by atoms with Gasteiger partial charge in [-0.25, -0.2) is 0 Å². The Balaban J connectivity index is 1.19. The van der Waals surface area contributed by atoms with E-state index < -0.39 is 0 Å². The van der Waals surface area contributed by atoms with Crippen molar-refractivity contribution in [3.05, 3.63) is 181 Å². The van der Waals surface area contributed by atoms with Gasteiger partial charge in [-0.05, 0) is 106 Å². The van der Waals surface area contributed by atoms with Gasteiger partial charge in [-0.15, -0.1) is 12.6 Å². The van der Waals surface area contributed by atoms with Gasteiger partial charge in [0.2, 0.25) is 0 Å². The third kappa shape index (κ3) is 6.06. The van der Waals surface area contributed by atoms with Gasteiger partial charge in [0.05, 0.1) is 0 Å². The van der Waals surface area contributed by atoms with Crippen LogP contribution < -0.4 is 4.90 Å². The maximum Gasteiger partial charge on any atom is 0.0462 e. The smallest absolute Gasteiger partial charge is 0.0462 e. The van der Waals surface area contributed by atoms with Crippen molar-refractivity contribution in [2.24, 2.45) is 0 Å².